The van der Waals surface area contributed by atoms with Crippen molar-refractivity contribution in [3.63, 3.8) is 0 Å². The molecule has 0 amide bonds. The number of hydrogen-bond donors (Lipinski definition) is 0. The molecule has 0 N–H and O–H groups in total. The van der Waals surface area contributed by atoms with Crippen molar-refractivity contribution in [3.8, 4) is 0 Å². The highest BCUT2D eigenvalue weighted by molar-refractivity contribution is 5.77. The molecule has 0 spiro atoms. The maximum absolute atomic E-state index is 12.1. The molecule has 4 fully saturated rings. The van der Waals surface area contributed by atoms with E-state index in [-0.39, 0.29) is 30.9 Å². The van der Waals surface area contributed by atoms with Gasteiger partial charge in [0, 0.05) is 0 Å². The van der Waals surface area contributed by atoms with Crippen molar-refractivity contribution in [3.05, 3.63) is 0 Å². The summed E-state index contributed by atoms with van der Waals surface area (Å²) in [6.45, 7) is 4.77. The van der Waals surface area contributed by atoms with Gasteiger partial charge in [0.2, 0.25) is 0 Å². The predicted molar refractivity (Wildman–Crippen MR) is 91.2 cm³/mol. The third-order valence-corrected chi connectivity index (χ3v) is 6.13. The van der Waals surface area contributed by atoms with Crippen LogP contribution in [-0.4, -0.2) is 24.6 Å². The lowest BCUT2D eigenvalue weighted by Gasteiger charge is -2.53. The monoisotopic (exact) mass is 336 g/mol. The molecule has 0 aromatic heterocycles. The molecule has 4 saturated carbocycles. The third kappa shape index (κ3) is 4.52. The fraction of sp³-hybridized carbons (Fsp3) is 0.900. The highest BCUT2D eigenvalue weighted by Gasteiger charge is 2.49. The molecule has 0 saturated heterocycles. The van der Waals surface area contributed by atoms with Crippen LogP contribution < -0.4 is 0 Å². The van der Waals surface area contributed by atoms with Crippen molar-refractivity contribution < 1.29 is 19.1 Å². The maximum atomic E-state index is 12.1. The highest BCUT2D eigenvalue weighted by atomic mass is 16.5. The molecule has 4 heteroatoms. The Morgan fingerprint density at radius 1 is 0.917 bits per heavy atom. The minimum atomic E-state index is -0.277. The van der Waals surface area contributed by atoms with Crippen LogP contribution in [0.1, 0.15) is 71.6 Å². The molecule has 4 aliphatic carbocycles. The Kier molecular flexibility index (Phi) is 5.83. The third-order valence-electron chi connectivity index (χ3n) is 6.13. The van der Waals surface area contributed by atoms with Crippen LogP contribution in [0.2, 0.25) is 0 Å². The van der Waals surface area contributed by atoms with Crippen LogP contribution in [0.4, 0.5) is 0 Å². The van der Waals surface area contributed by atoms with Crippen LogP contribution in [0.25, 0.3) is 0 Å². The van der Waals surface area contributed by atoms with E-state index in [1.165, 1.54) is 32.1 Å². The number of esters is 2. The van der Waals surface area contributed by atoms with Gasteiger partial charge in [-0.05, 0) is 74.5 Å². The van der Waals surface area contributed by atoms with Gasteiger partial charge in [-0.2, -0.15) is 0 Å². The molecule has 0 atom stereocenters. The van der Waals surface area contributed by atoms with Gasteiger partial charge in [0.25, 0.3) is 0 Å². The number of carbonyl (C=O) groups is 2. The Bertz CT molecular complexity index is 429. The van der Waals surface area contributed by atoms with Crippen molar-refractivity contribution in [2.75, 3.05) is 6.61 Å². The van der Waals surface area contributed by atoms with Gasteiger partial charge in [0.1, 0.15) is 6.10 Å². The second-order valence-electron chi connectivity index (χ2n) is 8.64. The fourth-order valence-corrected chi connectivity index (χ4v) is 5.23. The average Bonchev–Trinajstić information content (AvgIpc) is 2.52. The normalized spacial score (nSPS) is 33.7. The van der Waals surface area contributed by atoms with Gasteiger partial charge in [-0.3, -0.25) is 9.59 Å². The molecule has 0 radical (unpaired) electrons. The molecular formula is C20H32O4. The van der Waals surface area contributed by atoms with E-state index in [0.29, 0.717) is 24.4 Å². The summed E-state index contributed by atoms with van der Waals surface area (Å²) in [7, 11) is 0. The second kappa shape index (κ2) is 7.88. The molecule has 4 rings (SSSR count). The van der Waals surface area contributed by atoms with E-state index in [1.807, 2.05) is 0 Å². The van der Waals surface area contributed by atoms with E-state index in [1.54, 1.807) is 0 Å². The number of hydrogen-bond acceptors (Lipinski definition) is 4. The summed E-state index contributed by atoms with van der Waals surface area (Å²) in [5.41, 5.74) is 0. The standard InChI is InChI=1S/C20H32O4/c1-13(2)4-3-7-23-18(21)5-6-19(22)24-20-16-9-14-8-15(11-16)12-17(20)10-14/h13-17,20H,3-12H2,1-2H3. The van der Waals surface area contributed by atoms with E-state index < -0.39 is 0 Å². The van der Waals surface area contributed by atoms with Gasteiger partial charge >= 0.3 is 11.9 Å². The Morgan fingerprint density at radius 3 is 2.08 bits per heavy atom. The first-order valence-electron chi connectivity index (χ1n) is 9.86. The number of carbonyl (C=O) groups excluding carboxylic acids is 2. The van der Waals surface area contributed by atoms with Gasteiger partial charge in [-0.15, -0.1) is 0 Å². The molecule has 0 aromatic rings. The zero-order chi connectivity index (χ0) is 17.1. The fourth-order valence-electron chi connectivity index (χ4n) is 5.23. The van der Waals surface area contributed by atoms with Gasteiger partial charge in [-0.25, -0.2) is 0 Å². The Balaban J connectivity index is 1.33. The van der Waals surface area contributed by atoms with Gasteiger partial charge in [-0.1, -0.05) is 13.8 Å². The quantitative estimate of drug-likeness (QED) is 0.494. The van der Waals surface area contributed by atoms with Crippen LogP contribution >= 0.6 is 0 Å². The largest absolute Gasteiger partial charge is 0.466 e. The van der Waals surface area contributed by atoms with E-state index in [9.17, 15) is 9.59 Å². The first kappa shape index (κ1) is 17.8. The first-order chi connectivity index (χ1) is 11.5. The minimum Gasteiger partial charge on any atom is -0.466 e. The Hall–Kier alpha value is -1.06. The van der Waals surface area contributed by atoms with Crippen LogP contribution in [0.3, 0.4) is 0 Å². The first-order valence-corrected chi connectivity index (χ1v) is 9.86. The number of ether oxygens (including phenoxy) is 2. The van der Waals surface area contributed by atoms with Crippen LogP contribution in [-0.2, 0) is 19.1 Å². The van der Waals surface area contributed by atoms with Gasteiger partial charge in [0.05, 0.1) is 19.4 Å². The van der Waals surface area contributed by atoms with Gasteiger partial charge < -0.3 is 9.47 Å². The number of rotatable bonds is 8. The molecule has 136 valence electrons. The van der Waals surface area contributed by atoms with Crippen molar-refractivity contribution in [1.82, 2.24) is 0 Å². The molecule has 0 aromatic carbocycles. The van der Waals surface area contributed by atoms with Crippen LogP contribution in [0.15, 0.2) is 0 Å². The molecule has 4 nitrogen and oxygen atoms in total. The zero-order valence-electron chi connectivity index (χ0n) is 15.2. The maximum Gasteiger partial charge on any atom is 0.306 e. The van der Waals surface area contributed by atoms with E-state index in [4.69, 9.17) is 9.47 Å². The van der Waals surface area contributed by atoms with Crippen molar-refractivity contribution in [2.24, 2.45) is 29.6 Å². The lowest BCUT2D eigenvalue weighted by molar-refractivity contribution is -0.172. The predicted octanol–water partition coefficient (Wildman–Crippen LogP) is 4.11. The zero-order valence-corrected chi connectivity index (χ0v) is 15.2. The summed E-state index contributed by atoms with van der Waals surface area (Å²) < 4.78 is 11.0. The summed E-state index contributed by atoms with van der Waals surface area (Å²) >= 11 is 0. The summed E-state index contributed by atoms with van der Waals surface area (Å²) in [6.07, 6.45) is 8.73. The minimum absolute atomic E-state index is 0.118. The van der Waals surface area contributed by atoms with Crippen molar-refractivity contribution in [1.29, 1.82) is 0 Å². The van der Waals surface area contributed by atoms with E-state index in [2.05, 4.69) is 13.8 Å². The van der Waals surface area contributed by atoms with E-state index >= 15 is 0 Å². The summed E-state index contributed by atoms with van der Waals surface area (Å²) in [6, 6.07) is 0. The van der Waals surface area contributed by atoms with E-state index in [0.717, 1.165) is 24.7 Å². The lowest BCUT2D eigenvalue weighted by Crippen LogP contribution is -2.50. The molecule has 0 aliphatic heterocycles. The van der Waals surface area contributed by atoms with Crippen LogP contribution in [0.5, 0.6) is 0 Å². The van der Waals surface area contributed by atoms with Crippen molar-refractivity contribution in [2.45, 2.75) is 77.7 Å². The molecule has 4 aliphatic rings. The molecule has 24 heavy (non-hydrogen) atoms. The smallest absolute Gasteiger partial charge is 0.306 e. The Morgan fingerprint density at radius 2 is 1.50 bits per heavy atom. The van der Waals surface area contributed by atoms with Crippen LogP contribution in [0, 0.1) is 29.6 Å². The second-order valence-corrected chi connectivity index (χ2v) is 8.64. The highest BCUT2D eigenvalue weighted by Crippen LogP contribution is 2.54. The summed E-state index contributed by atoms with van der Waals surface area (Å²) in [5.74, 6) is 3.04. The molecule has 0 unspecified atom stereocenters. The molecule has 4 bridgehead atoms. The average molecular weight is 336 g/mol. The SMILES string of the molecule is CC(C)CCCOC(=O)CCC(=O)OC1C2CC3CC(C2)CC1C3. The molecular weight excluding hydrogens is 304 g/mol. The Labute approximate surface area is 145 Å². The lowest BCUT2D eigenvalue weighted by atomic mass is 9.55. The summed E-state index contributed by atoms with van der Waals surface area (Å²) in [5, 5.41) is 0. The molecule has 0 heterocycles. The topological polar surface area (TPSA) is 52.6 Å². The van der Waals surface area contributed by atoms with Gasteiger partial charge in [0.15, 0.2) is 0 Å². The summed E-state index contributed by atoms with van der Waals surface area (Å²) in [4.78, 5) is 23.8. The van der Waals surface area contributed by atoms with Crippen molar-refractivity contribution >= 4 is 11.9 Å².